The third-order valence-electron chi connectivity index (χ3n) is 6.49. The summed E-state index contributed by atoms with van der Waals surface area (Å²) in [5.41, 5.74) is 3.43. The van der Waals surface area contributed by atoms with E-state index >= 15 is 0 Å². The van der Waals surface area contributed by atoms with Crippen molar-refractivity contribution < 1.29 is 13.9 Å². The minimum atomic E-state index is -0.428. The van der Waals surface area contributed by atoms with Gasteiger partial charge in [0.15, 0.2) is 0 Å². The number of amides is 1. The van der Waals surface area contributed by atoms with Gasteiger partial charge in [-0.25, -0.2) is 4.79 Å². The normalized spacial score (nSPS) is 14.9. The lowest BCUT2D eigenvalue weighted by Crippen LogP contribution is -2.27. The van der Waals surface area contributed by atoms with Crippen LogP contribution in [0.4, 0.5) is 23.3 Å². The topological polar surface area (TPSA) is 114 Å². The van der Waals surface area contributed by atoms with Crippen LogP contribution in [0.15, 0.2) is 88.1 Å². The number of benzene rings is 3. The van der Waals surface area contributed by atoms with Gasteiger partial charge in [0.05, 0.1) is 5.75 Å². The summed E-state index contributed by atoms with van der Waals surface area (Å²) in [5.74, 6) is 1.59. The number of carbonyl (C=O) groups is 1. The van der Waals surface area contributed by atoms with Gasteiger partial charge in [0, 0.05) is 43.0 Å². The van der Waals surface area contributed by atoms with Crippen LogP contribution in [0, 0.1) is 6.92 Å². The lowest BCUT2D eigenvalue weighted by Gasteiger charge is -2.24. The molecule has 3 aromatic carbocycles. The average molecular weight is 567 g/mol. The van der Waals surface area contributed by atoms with Gasteiger partial charge in [-0.05, 0) is 54.4 Å². The van der Waals surface area contributed by atoms with Gasteiger partial charge in [-0.2, -0.15) is 15.0 Å². The van der Waals surface area contributed by atoms with Crippen molar-refractivity contribution in [2.75, 3.05) is 35.0 Å². The second kappa shape index (κ2) is 10.9. The van der Waals surface area contributed by atoms with E-state index in [1.807, 2.05) is 86.6 Å². The third-order valence-corrected chi connectivity index (χ3v) is 7.70. The Morgan fingerprint density at radius 2 is 1.76 bits per heavy atom. The number of nitrogens with zero attached hydrogens (tertiary/aromatic N) is 5. The minimum absolute atomic E-state index is 0.0690. The minimum Gasteiger partial charge on any atom is -0.424 e. The first-order valence-corrected chi connectivity index (χ1v) is 13.9. The van der Waals surface area contributed by atoms with Crippen molar-refractivity contribution in [1.82, 2.24) is 15.0 Å². The zero-order valence-electron chi connectivity index (χ0n) is 22.6. The lowest BCUT2D eigenvalue weighted by molar-refractivity contribution is -0.115. The standard InChI is InChI=1S/C30H26N6O4S/c1-18-15-26(38)40-24-16-22(13-14-23(18)24)39-30-33-28(32-29(34-30)35(2)3)31-20-9-11-21(12-10-20)36-25(37)17-41-27(36)19-7-5-4-6-8-19/h4-16,27H,17H2,1-3H3,(H,31,32,33,34). The van der Waals surface area contributed by atoms with Crippen LogP contribution in [0.25, 0.3) is 11.0 Å². The molecule has 6 rings (SSSR count). The maximum atomic E-state index is 12.8. The van der Waals surface area contributed by atoms with Gasteiger partial charge in [0.1, 0.15) is 16.7 Å². The van der Waals surface area contributed by atoms with Crippen molar-refractivity contribution in [2.45, 2.75) is 12.3 Å². The van der Waals surface area contributed by atoms with Crippen molar-refractivity contribution in [3.63, 3.8) is 0 Å². The summed E-state index contributed by atoms with van der Waals surface area (Å²) in [6, 6.07) is 24.3. The summed E-state index contributed by atoms with van der Waals surface area (Å²) < 4.78 is 11.3. The second-order valence-corrected chi connectivity index (χ2v) is 10.7. The summed E-state index contributed by atoms with van der Waals surface area (Å²) in [5, 5.41) is 3.95. The largest absolute Gasteiger partial charge is 0.424 e. The van der Waals surface area contributed by atoms with E-state index < -0.39 is 5.63 Å². The van der Waals surface area contributed by atoms with Crippen LogP contribution in [0.2, 0.25) is 0 Å². The monoisotopic (exact) mass is 566 g/mol. The molecular weight excluding hydrogens is 540 g/mol. The molecule has 11 heteroatoms. The number of aromatic nitrogens is 3. The number of thioether (sulfide) groups is 1. The molecule has 5 aromatic rings. The molecule has 0 saturated carbocycles. The quantitative estimate of drug-likeness (QED) is 0.247. The summed E-state index contributed by atoms with van der Waals surface area (Å²) in [7, 11) is 3.64. The number of hydrogen-bond donors (Lipinski definition) is 1. The van der Waals surface area contributed by atoms with Crippen LogP contribution >= 0.6 is 11.8 Å². The van der Waals surface area contributed by atoms with Crippen molar-refractivity contribution in [1.29, 1.82) is 0 Å². The fraction of sp³-hybridized carbons (Fsp3) is 0.167. The Kier molecular flexibility index (Phi) is 7.02. The van der Waals surface area contributed by atoms with E-state index in [4.69, 9.17) is 9.15 Å². The number of nitrogens with one attached hydrogen (secondary N) is 1. The molecule has 1 unspecified atom stereocenters. The molecule has 0 aliphatic carbocycles. The highest BCUT2D eigenvalue weighted by Crippen LogP contribution is 2.42. The van der Waals surface area contributed by atoms with E-state index in [0.29, 0.717) is 23.0 Å². The molecule has 1 fully saturated rings. The van der Waals surface area contributed by atoms with Crippen LogP contribution in [0.5, 0.6) is 11.8 Å². The van der Waals surface area contributed by atoms with Gasteiger partial charge in [0.2, 0.25) is 17.8 Å². The van der Waals surface area contributed by atoms with Crippen molar-refractivity contribution >= 4 is 51.9 Å². The van der Waals surface area contributed by atoms with Crippen LogP contribution in [0.3, 0.4) is 0 Å². The summed E-state index contributed by atoms with van der Waals surface area (Å²) in [4.78, 5) is 41.5. The Bertz CT molecular complexity index is 1790. The molecule has 1 aliphatic heterocycles. The van der Waals surface area contributed by atoms with Crippen LogP contribution in [-0.4, -0.2) is 40.7 Å². The maximum Gasteiger partial charge on any atom is 0.336 e. The fourth-order valence-electron chi connectivity index (χ4n) is 4.52. The smallest absolute Gasteiger partial charge is 0.336 e. The molecule has 41 heavy (non-hydrogen) atoms. The zero-order chi connectivity index (χ0) is 28.5. The number of hydrogen-bond acceptors (Lipinski definition) is 10. The first-order valence-electron chi connectivity index (χ1n) is 12.9. The lowest BCUT2D eigenvalue weighted by atomic mass is 10.1. The number of carbonyl (C=O) groups excluding carboxylic acids is 1. The van der Waals surface area contributed by atoms with Crippen LogP contribution < -0.4 is 25.5 Å². The van der Waals surface area contributed by atoms with Gasteiger partial charge < -0.3 is 19.4 Å². The molecular formula is C30H26N6O4S. The Balaban J connectivity index is 1.24. The predicted molar refractivity (Wildman–Crippen MR) is 160 cm³/mol. The van der Waals surface area contributed by atoms with E-state index in [1.54, 1.807) is 28.8 Å². The highest BCUT2D eigenvalue weighted by molar-refractivity contribution is 8.00. The Morgan fingerprint density at radius 1 is 0.976 bits per heavy atom. The first kappa shape index (κ1) is 26.3. The Hall–Kier alpha value is -4.90. The molecule has 1 saturated heterocycles. The van der Waals surface area contributed by atoms with Gasteiger partial charge in [-0.3, -0.25) is 9.69 Å². The Labute approximate surface area is 240 Å². The van der Waals surface area contributed by atoms with Gasteiger partial charge in [-0.15, -0.1) is 11.8 Å². The van der Waals surface area contributed by atoms with Gasteiger partial charge in [0.25, 0.3) is 0 Å². The van der Waals surface area contributed by atoms with E-state index in [-0.39, 0.29) is 23.2 Å². The van der Waals surface area contributed by atoms with Crippen molar-refractivity contribution in [3.8, 4) is 11.8 Å². The number of anilines is 4. The van der Waals surface area contributed by atoms with Crippen molar-refractivity contribution in [3.05, 3.63) is 100 Å². The molecule has 206 valence electrons. The van der Waals surface area contributed by atoms with E-state index in [2.05, 4.69) is 20.3 Å². The molecule has 10 nitrogen and oxygen atoms in total. The second-order valence-electron chi connectivity index (χ2n) is 9.65. The van der Waals surface area contributed by atoms with Crippen molar-refractivity contribution in [2.24, 2.45) is 0 Å². The number of rotatable bonds is 7. The molecule has 2 aromatic heterocycles. The fourth-order valence-corrected chi connectivity index (χ4v) is 5.70. The highest BCUT2D eigenvalue weighted by Gasteiger charge is 2.33. The predicted octanol–water partition coefficient (Wildman–Crippen LogP) is 5.67. The zero-order valence-corrected chi connectivity index (χ0v) is 23.4. The molecule has 0 spiro atoms. The molecule has 1 atom stereocenters. The molecule has 0 bridgehead atoms. The highest BCUT2D eigenvalue weighted by atomic mass is 32.2. The van der Waals surface area contributed by atoms with E-state index in [9.17, 15) is 9.59 Å². The number of fused-ring (bicyclic) bond motifs is 1. The number of ether oxygens (including phenoxy) is 1. The van der Waals surface area contributed by atoms with Gasteiger partial charge >= 0.3 is 11.6 Å². The molecule has 0 radical (unpaired) electrons. The maximum absolute atomic E-state index is 12.8. The van der Waals surface area contributed by atoms with Crippen LogP contribution in [-0.2, 0) is 4.79 Å². The third kappa shape index (κ3) is 5.57. The average Bonchev–Trinajstić information content (AvgIpc) is 3.34. The summed E-state index contributed by atoms with van der Waals surface area (Å²) in [6.07, 6.45) is 0. The molecule has 1 N–H and O–H groups in total. The summed E-state index contributed by atoms with van der Waals surface area (Å²) >= 11 is 1.62. The first-order chi connectivity index (χ1) is 19.8. The van der Waals surface area contributed by atoms with Crippen LogP contribution in [0.1, 0.15) is 16.5 Å². The molecule has 1 amide bonds. The molecule has 3 heterocycles. The van der Waals surface area contributed by atoms with Gasteiger partial charge in [-0.1, -0.05) is 30.3 Å². The number of aryl methyl sites for hydroxylation is 1. The molecule has 1 aliphatic rings. The van der Waals surface area contributed by atoms with E-state index in [0.717, 1.165) is 27.9 Å². The SMILES string of the molecule is Cc1cc(=O)oc2cc(Oc3nc(Nc4ccc(N5C(=O)CSC5c5ccccc5)cc4)nc(N(C)C)n3)ccc12. The van der Waals surface area contributed by atoms with E-state index in [1.165, 1.54) is 6.07 Å². The summed E-state index contributed by atoms with van der Waals surface area (Å²) in [6.45, 7) is 1.85. The Morgan fingerprint density at radius 3 is 2.51 bits per heavy atom.